The first kappa shape index (κ1) is 10.2. The van der Waals surface area contributed by atoms with Gasteiger partial charge in [0.1, 0.15) is 11.6 Å². The lowest BCUT2D eigenvalue weighted by Crippen LogP contribution is -2.35. The second-order valence-corrected chi connectivity index (χ2v) is 4.16. The SMILES string of the molecule is CCC1CCCN(c2cnc(N)cn2)C1. The fourth-order valence-corrected chi connectivity index (χ4v) is 2.10. The van der Waals surface area contributed by atoms with Crippen molar-refractivity contribution in [1.82, 2.24) is 9.97 Å². The van der Waals surface area contributed by atoms with E-state index < -0.39 is 0 Å². The van der Waals surface area contributed by atoms with Crippen molar-refractivity contribution in [3.63, 3.8) is 0 Å². The lowest BCUT2D eigenvalue weighted by Gasteiger charge is -2.32. The monoisotopic (exact) mass is 206 g/mol. The summed E-state index contributed by atoms with van der Waals surface area (Å²) in [5, 5.41) is 0. The van der Waals surface area contributed by atoms with E-state index in [9.17, 15) is 0 Å². The fourth-order valence-electron chi connectivity index (χ4n) is 2.10. The van der Waals surface area contributed by atoms with Crippen LogP contribution in [0.15, 0.2) is 12.4 Å². The average molecular weight is 206 g/mol. The minimum Gasteiger partial charge on any atom is -0.382 e. The molecule has 1 aromatic heterocycles. The van der Waals surface area contributed by atoms with Crippen molar-refractivity contribution in [1.29, 1.82) is 0 Å². The first-order valence-corrected chi connectivity index (χ1v) is 5.62. The van der Waals surface area contributed by atoms with Crippen molar-refractivity contribution in [3.8, 4) is 0 Å². The van der Waals surface area contributed by atoms with Crippen molar-refractivity contribution >= 4 is 11.6 Å². The smallest absolute Gasteiger partial charge is 0.147 e. The summed E-state index contributed by atoms with van der Waals surface area (Å²) in [5.41, 5.74) is 5.52. The molecule has 15 heavy (non-hydrogen) atoms. The van der Waals surface area contributed by atoms with Gasteiger partial charge >= 0.3 is 0 Å². The highest BCUT2D eigenvalue weighted by Crippen LogP contribution is 2.22. The van der Waals surface area contributed by atoms with Crippen LogP contribution in [0.1, 0.15) is 26.2 Å². The molecule has 82 valence electrons. The van der Waals surface area contributed by atoms with E-state index in [4.69, 9.17) is 5.73 Å². The molecule has 0 aromatic carbocycles. The Kier molecular flexibility index (Phi) is 3.04. The van der Waals surface area contributed by atoms with Crippen LogP contribution in [-0.2, 0) is 0 Å². The van der Waals surface area contributed by atoms with Gasteiger partial charge in [-0.05, 0) is 18.8 Å². The molecule has 0 bridgehead atoms. The molecule has 4 heteroatoms. The largest absolute Gasteiger partial charge is 0.382 e. The molecule has 2 heterocycles. The molecular formula is C11H18N4. The van der Waals surface area contributed by atoms with Crippen molar-refractivity contribution in [3.05, 3.63) is 12.4 Å². The second kappa shape index (κ2) is 4.47. The number of anilines is 2. The minimum atomic E-state index is 0.489. The Labute approximate surface area is 90.5 Å². The number of hydrogen-bond acceptors (Lipinski definition) is 4. The normalized spacial score (nSPS) is 21.7. The van der Waals surface area contributed by atoms with Gasteiger partial charge in [-0.25, -0.2) is 9.97 Å². The number of aromatic nitrogens is 2. The molecule has 0 aliphatic carbocycles. The first-order valence-electron chi connectivity index (χ1n) is 5.62. The maximum Gasteiger partial charge on any atom is 0.147 e. The molecule has 1 aliphatic heterocycles. The molecule has 0 amide bonds. The third-order valence-electron chi connectivity index (χ3n) is 3.08. The van der Waals surface area contributed by atoms with Crippen LogP contribution in [-0.4, -0.2) is 23.1 Å². The van der Waals surface area contributed by atoms with Crippen molar-refractivity contribution in [2.24, 2.45) is 5.92 Å². The zero-order valence-electron chi connectivity index (χ0n) is 9.19. The predicted molar refractivity (Wildman–Crippen MR) is 61.7 cm³/mol. The van der Waals surface area contributed by atoms with E-state index in [0.717, 1.165) is 24.8 Å². The number of hydrogen-bond donors (Lipinski definition) is 1. The van der Waals surface area contributed by atoms with Crippen LogP contribution >= 0.6 is 0 Å². The Bertz CT molecular complexity index is 309. The standard InChI is InChI=1S/C11H18N4/c1-2-9-4-3-5-15(8-9)11-7-13-10(12)6-14-11/h6-7,9H,2-5,8H2,1H3,(H2,12,13). The minimum absolute atomic E-state index is 0.489. The van der Waals surface area contributed by atoms with Gasteiger partial charge in [0.05, 0.1) is 12.4 Å². The molecule has 1 fully saturated rings. The summed E-state index contributed by atoms with van der Waals surface area (Å²) in [6, 6.07) is 0. The van der Waals surface area contributed by atoms with Gasteiger partial charge in [0.15, 0.2) is 0 Å². The van der Waals surface area contributed by atoms with Crippen molar-refractivity contribution in [2.75, 3.05) is 23.7 Å². The molecule has 2 N–H and O–H groups in total. The molecule has 1 aromatic rings. The molecular weight excluding hydrogens is 188 g/mol. The predicted octanol–water partition coefficient (Wildman–Crippen LogP) is 1.69. The van der Waals surface area contributed by atoms with E-state index in [0.29, 0.717) is 5.82 Å². The Hall–Kier alpha value is -1.32. The molecule has 0 radical (unpaired) electrons. The zero-order valence-corrected chi connectivity index (χ0v) is 9.19. The molecule has 0 spiro atoms. The summed E-state index contributed by atoms with van der Waals surface area (Å²) in [6.45, 7) is 4.45. The average Bonchev–Trinajstić information content (AvgIpc) is 2.30. The third-order valence-corrected chi connectivity index (χ3v) is 3.08. The van der Waals surface area contributed by atoms with Gasteiger partial charge in [-0.3, -0.25) is 0 Å². The molecule has 2 rings (SSSR count). The summed E-state index contributed by atoms with van der Waals surface area (Å²) < 4.78 is 0. The van der Waals surface area contributed by atoms with Gasteiger partial charge in [-0.1, -0.05) is 13.3 Å². The van der Waals surface area contributed by atoms with Crippen molar-refractivity contribution in [2.45, 2.75) is 26.2 Å². The molecule has 1 atom stereocenters. The van der Waals surface area contributed by atoms with E-state index in [1.165, 1.54) is 19.3 Å². The molecule has 1 saturated heterocycles. The highest BCUT2D eigenvalue weighted by molar-refractivity contribution is 5.39. The molecule has 1 unspecified atom stereocenters. The van der Waals surface area contributed by atoms with Gasteiger partial charge in [-0.15, -0.1) is 0 Å². The Morgan fingerprint density at radius 3 is 3.00 bits per heavy atom. The number of piperidine rings is 1. The van der Waals surface area contributed by atoms with E-state index in [1.807, 2.05) is 0 Å². The first-order chi connectivity index (χ1) is 7.29. The molecule has 1 aliphatic rings. The summed E-state index contributed by atoms with van der Waals surface area (Å²) in [4.78, 5) is 10.7. The van der Waals surface area contributed by atoms with Crippen molar-refractivity contribution < 1.29 is 0 Å². The van der Waals surface area contributed by atoms with Crippen LogP contribution in [0.25, 0.3) is 0 Å². The molecule has 0 saturated carbocycles. The third kappa shape index (κ3) is 2.37. The zero-order chi connectivity index (χ0) is 10.7. The van der Waals surface area contributed by atoms with Gasteiger partial charge < -0.3 is 10.6 Å². The second-order valence-electron chi connectivity index (χ2n) is 4.16. The number of rotatable bonds is 2. The van der Waals surface area contributed by atoms with Gasteiger partial charge in [0.2, 0.25) is 0 Å². The number of nitrogens with two attached hydrogens (primary N) is 1. The number of nitrogen functional groups attached to an aromatic ring is 1. The summed E-state index contributed by atoms with van der Waals surface area (Å²) >= 11 is 0. The van der Waals surface area contributed by atoms with E-state index >= 15 is 0 Å². The quantitative estimate of drug-likeness (QED) is 0.800. The maximum absolute atomic E-state index is 5.52. The maximum atomic E-state index is 5.52. The van der Waals surface area contributed by atoms with Crippen LogP contribution in [0.2, 0.25) is 0 Å². The summed E-state index contributed by atoms with van der Waals surface area (Å²) in [6.07, 6.45) is 7.25. The Morgan fingerprint density at radius 1 is 1.47 bits per heavy atom. The summed E-state index contributed by atoms with van der Waals surface area (Å²) in [7, 11) is 0. The highest BCUT2D eigenvalue weighted by Gasteiger charge is 2.19. The fraction of sp³-hybridized carbons (Fsp3) is 0.636. The Balaban J connectivity index is 2.06. The van der Waals surface area contributed by atoms with Gasteiger partial charge in [-0.2, -0.15) is 0 Å². The summed E-state index contributed by atoms with van der Waals surface area (Å²) in [5.74, 6) is 2.25. The van der Waals surface area contributed by atoms with Gasteiger partial charge in [0.25, 0.3) is 0 Å². The van der Waals surface area contributed by atoms with Crippen LogP contribution in [0.4, 0.5) is 11.6 Å². The lowest BCUT2D eigenvalue weighted by molar-refractivity contribution is 0.403. The van der Waals surface area contributed by atoms with Crippen LogP contribution < -0.4 is 10.6 Å². The Morgan fingerprint density at radius 2 is 2.33 bits per heavy atom. The van der Waals surface area contributed by atoms with E-state index in [2.05, 4.69) is 21.8 Å². The highest BCUT2D eigenvalue weighted by atomic mass is 15.2. The molecule has 4 nitrogen and oxygen atoms in total. The lowest BCUT2D eigenvalue weighted by atomic mass is 9.96. The van der Waals surface area contributed by atoms with Crippen LogP contribution in [0, 0.1) is 5.92 Å². The van der Waals surface area contributed by atoms with E-state index in [1.54, 1.807) is 12.4 Å². The van der Waals surface area contributed by atoms with E-state index in [-0.39, 0.29) is 0 Å². The van der Waals surface area contributed by atoms with Crippen LogP contribution in [0.5, 0.6) is 0 Å². The number of nitrogens with zero attached hydrogens (tertiary/aromatic N) is 3. The topological polar surface area (TPSA) is 55.0 Å². The van der Waals surface area contributed by atoms with Crippen LogP contribution in [0.3, 0.4) is 0 Å². The van der Waals surface area contributed by atoms with Gasteiger partial charge in [0, 0.05) is 13.1 Å².